The van der Waals surface area contributed by atoms with E-state index in [1.54, 1.807) is 24.3 Å². The third-order valence-corrected chi connectivity index (χ3v) is 4.97. The number of benzene rings is 1. The van der Waals surface area contributed by atoms with E-state index < -0.39 is 11.2 Å². The lowest BCUT2D eigenvalue weighted by atomic mass is 9.94. The second-order valence-electron chi connectivity index (χ2n) is 6.47. The number of para-hydroxylation sites is 1. The van der Waals surface area contributed by atoms with E-state index in [4.69, 9.17) is 0 Å². The molecule has 0 bridgehead atoms. The van der Waals surface area contributed by atoms with E-state index in [1.807, 2.05) is 11.9 Å². The zero-order valence-corrected chi connectivity index (χ0v) is 14.0. The van der Waals surface area contributed by atoms with E-state index in [9.17, 15) is 14.4 Å². The van der Waals surface area contributed by atoms with Crippen LogP contribution in [-0.2, 0) is 11.3 Å². The van der Waals surface area contributed by atoms with E-state index in [2.05, 4.69) is 4.98 Å². The lowest BCUT2D eigenvalue weighted by Gasteiger charge is -2.31. The summed E-state index contributed by atoms with van der Waals surface area (Å²) in [6.45, 7) is 0.270. The van der Waals surface area contributed by atoms with Crippen LogP contribution in [0.1, 0.15) is 38.5 Å². The zero-order valence-electron chi connectivity index (χ0n) is 14.0. The van der Waals surface area contributed by atoms with Gasteiger partial charge in [-0.25, -0.2) is 4.79 Å². The molecule has 0 spiro atoms. The number of H-pyrrole nitrogens is 1. The Kier molecular flexibility index (Phi) is 4.83. The van der Waals surface area contributed by atoms with Gasteiger partial charge in [-0.15, -0.1) is 0 Å². The number of amides is 1. The van der Waals surface area contributed by atoms with Gasteiger partial charge in [-0.2, -0.15) is 0 Å². The maximum absolute atomic E-state index is 12.5. The minimum Gasteiger partial charge on any atom is -0.343 e. The van der Waals surface area contributed by atoms with Crippen molar-refractivity contribution >= 4 is 16.8 Å². The monoisotopic (exact) mass is 329 g/mol. The van der Waals surface area contributed by atoms with E-state index in [1.165, 1.54) is 23.8 Å². The summed E-state index contributed by atoms with van der Waals surface area (Å²) in [4.78, 5) is 40.6. The largest absolute Gasteiger partial charge is 0.343 e. The second-order valence-corrected chi connectivity index (χ2v) is 6.47. The van der Waals surface area contributed by atoms with Crippen LogP contribution < -0.4 is 11.2 Å². The summed E-state index contributed by atoms with van der Waals surface area (Å²) >= 11 is 0. The molecule has 0 radical (unpaired) electrons. The van der Waals surface area contributed by atoms with Gasteiger partial charge < -0.3 is 4.90 Å². The van der Waals surface area contributed by atoms with Gasteiger partial charge in [0.2, 0.25) is 5.91 Å². The second kappa shape index (κ2) is 7.03. The number of fused-ring (bicyclic) bond motifs is 1. The number of aryl methyl sites for hydroxylation is 1. The predicted octanol–water partition coefficient (Wildman–Crippen LogP) is 1.87. The van der Waals surface area contributed by atoms with Gasteiger partial charge in [0, 0.05) is 26.1 Å². The van der Waals surface area contributed by atoms with Crippen molar-refractivity contribution in [3.05, 3.63) is 45.1 Å². The van der Waals surface area contributed by atoms with Crippen molar-refractivity contribution < 1.29 is 4.79 Å². The number of carbonyl (C=O) groups is 1. The van der Waals surface area contributed by atoms with E-state index in [-0.39, 0.29) is 18.9 Å². The fourth-order valence-electron chi connectivity index (χ4n) is 3.52. The lowest BCUT2D eigenvalue weighted by molar-refractivity contribution is -0.132. The molecule has 1 aliphatic rings. The lowest BCUT2D eigenvalue weighted by Crippen LogP contribution is -2.39. The molecule has 0 aliphatic heterocycles. The van der Waals surface area contributed by atoms with Crippen molar-refractivity contribution in [1.29, 1.82) is 0 Å². The highest BCUT2D eigenvalue weighted by Crippen LogP contribution is 2.22. The maximum atomic E-state index is 12.5. The number of aromatic amines is 1. The highest BCUT2D eigenvalue weighted by atomic mass is 16.2. The van der Waals surface area contributed by atoms with E-state index in [0.29, 0.717) is 16.9 Å². The van der Waals surface area contributed by atoms with Gasteiger partial charge in [-0.1, -0.05) is 31.4 Å². The minimum absolute atomic E-state index is 0.0454. The fourth-order valence-corrected chi connectivity index (χ4v) is 3.52. The number of aromatic nitrogens is 2. The van der Waals surface area contributed by atoms with Crippen molar-refractivity contribution in [2.45, 2.75) is 51.1 Å². The first kappa shape index (κ1) is 16.5. The molecule has 24 heavy (non-hydrogen) atoms. The van der Waals surface area contributed by atoms with Crippen molar-refractivity contribution in [3.8, 4) is 0 Å². The summed E-state index contributed by atoms with van der Waals surface area (Å²) in [5.41, 5.74) is -0.288. The van der Waals surface area contributed by atoms with Gasteiger partial charge in [0.1, 0.15) is 0 Å². The number of hydrogen-bond donors (Lipinski definition) is 1. The molecular weight excluding hydrogens is 306 g/mol. The summed E-state index contributed by atoms with van der Waals surface area (Å²) in [7, 11) is 1.85. The van der Waals surface area contributed by atoms with Crippen LogP contribution in [0.5, 0.6) is 0 Å². The van der Waals surface area contributed by atoms with Crippen LogP contribution in [0.2, 0.25) is 0 Å². The van der Waals surface area contributed by atoms with Gasteiger partial charge in [-0.05, 0) is 25.0 Å². The zero-order chi connectivity index (χ0) is 17.1. The summed E-state index contributed by atoms with van der Waals surface area (Å²) in [6, 6.07) is 7.28. The number of carbonyl (C=O) groups excluding carboxylic acids is 1. The first-order valence-corrected chi connectivity index (χ1v) is 8.55. The molecule has 128 valence electrons. The summed E-state index contributed by atoms with van der Waals surface area (Å²) in [6.07, 6.45) is 5.96. The first-order valence-electron chi connectivity index (χ1n) is 8.55. The molecule has 1 amide bonds. The smallest absolute Gasteiger partial charge is 0.328 e. The minimum atomic E-state index is -0.466. The van der Waals surface area contributed by atoms with Crippen LogP contribution in [-0.4, -0.2) is 33.4 Å². The van der Waals surface area contributed by atoms with Crippen molar-refractivity contribution in [2.24, 2.45) is 0 Å². The average molecular weight is 329 g/mol. The Labute approximate surface area is 140 Å². The maximum Gasteiger partial charge on any atom is 0.328 e. The SMILES string of the molecule is CN(C(=O)CCn1c(=O)[nH]c(=O)c2ccccc21)C1CCCCC1. The topological polar surface area (TPSA) is 75.2 Å². The fraction of sp³-hybridized carbons (Fsp3) is 0.500. The number of nitrogens with zero attached hydrogens (tertiary/aromatic N) is 2. The first-order chi connectivity index (χ1) is 11.6. The normalized spacial score (nSPS) is 15.5. The highest BCUT2D eigenvalue weighted by molar-refractivity contribution is 5.79. The molecule has 6 nitrogen and oxygen atoms in total. The predicted molar refractivity (Wildman–Crippen MR) is 93.1 cm³/mol. The molecule has 1 heterocycles. The molecule has 1 N–H and O–H groups in total. The van der Waals surface area contributed by atoms with Crippen LogP contribution in [0.15, 0.2) is 33.9 Å². The van der Waals surface area contributed by atoms with Gasteiger partial charge in [0.05, 0.1) is 10.9 Å². The number of nitrogens with one attached hydrogen (secondary N) is 1. The molecule has 2 aromatic rings. The number of hydrogen-bond acceptors (Lipinski definition) is 3. The van der Waals surface area contributed by atoms with Crippen molar-refractivity contribution in [2.75, 3.05) is 7.05 Å². The Balaban J connectivity index is 1.77. The van der Waals surface area contributed by atoms with Crippen molar-refractivity contribution in [3.63, 3.8) is 0 Å². The summed E-state index contributed by atoms with van der Waals surface area (Å²) in [5, 5.41) is 0.463. The third kappa shape index (κ3) is 3.27. The Morgan fingerprint density at radius 3 is 2.67 bits per heavy atom. The third-order valence-electron chi connectivity index (χ3n) is 4.97. The summed E-state index contributed by atoms with van der Waals surface area (Å²) in [5.74, 6) is 0.0454. The standard InChI is InChI=1S/C18H23N3O3/c1-20(13-7-3-2-4-8-13)16(22)11-12-21-15-10-6-5-9-14(15)17(23)19-18(21)24/h5-6,9-10,13H,2-4,7-8,11-12H2,1H3,(H,19,23,24). The van der Waals surface area contributed by atoms with E-state index in [0.717, 1.165) is 12.8 Å². The van der Waals surface area contributed by atoms with Gasteiger partial charge in [-0.3, -0.25) is 19.1 Å². The van der Waals surface area contributed by atoms with Crippen LogP contribution in [0.25, 0.3) is 10.9 Å². The van der Waals surface area contributed by atoms with Gasteiger partial charge in [0.25, 0.3) is 5.56 Å². The van der Waals surface area contributed by atoms with E-state index >= 15 is 0 Å². The highest BCUT2D eigenvalue weighted by Gasteiger charge is 2.22. The quantitative estimate of drug-likeness (QED) is 0.930. The van der Waals surface area contributed by atoms with Crippen LogP contribution in [0.4, 0.5) is 0 Å². The molecule has 0 saturated heterocycles. The van der Waals surface area contributed by atoms with Gasteiger partial charge >= 0.3 is 5.69 Å². The van der Waals surface area contributed by atoms with Crippen molar-refractivity contribution in [1.82, 2.24) is 14.5 Å². The van der Waals surface area contributed by atoms with Crippen LogP contribution in [0.3, 0.4) is 0 Å². The molecule has 3 rings (SSSR count). The Morgan fingerprint density at radius 2 is 1.92 bits per heavy atom. The van der Waals surface area contributed by atoms with Crippen LogP contribution >= 0.6 is 0 Å². The molecule has 1 fully saturated rings. The molecular formula is C18H23N3O3. The molecule has 0 atom stereocenters. The molecule has 0 unspecified atom stereocenters. The molecule has 1 aliphatic carbocycles. The Hall–Kier alpha value is -2.37. The summed E-state index contributed by atoms with van der Waals surface area (Å²) < 4.78 is 1.48. The molecule has 6 heteroatoms. The number of rotatable bonds is 4. The average Bonchev–Trinajstić information content (AvgIpc) is 2.61. The molecule has 1 saturated carbocycles. The molecule has 1 aromatic carbocycles. The Morgan fingerprint density at radius 1 is 1.21 bits per heavy atom. The van der Waals surface area contributed by atoms with Gasteiger partial charge in [0.15, 0.2) is 0 Å². The Bertz CT molecular complexity index is 846. The van der Waals surface area contributed by atoms with Crippen LogP contribution in [0, 0.1) is 0 Å². The molecule has 1 aromatic heterocycles.